The number of aliphatic imine (C=N–C) groups is 1. The Hall–Kier alpha value is -2.87. The molecule has 1 aromatic carbocycles. The van der Waals surface area contributed by atoms with E-state index in [0.29, 0.717) is 12.6 Å². The minimum Gasteiger partial charge on any atom is -0.369 e. The summed E-state index contributed by atoms with van der Waals surface area (Å²) in [5.74, 6) is 2.61. The quantitative estimate of drug-likeness (QED) is 0.439. The molecule has 7 nitrogen and oxygen atoms in total. The molecule has 4 rings (SSSR count). The van der Waals surface area contributed by atoms with E-state index >= 15 is 0 Å². The molecule has 0 spiro atoms. The molecule has 0 amide bonds. The van der Waals surface area contributed by atoms with E-state index in [1.54, 1.807) is 11.3 Å². The zero-order valence-electron chi connectivity index (χ0n) is 18.3. The molecule has 1 aliphatic rings. The number of aromatic nitrogens is 3. The van der Waals surface area contributed by atoms with Gasteiger partial charge in [-0.15, -0.1) is 21.5 Å². The Morgan fingerprint density at radius 1 is 1.19 bits per heavy atom. The van der Waals surface area contributed by atoms with Crippen molar-refractivity contribution in [2.24, 2.45) is 12.0 Å². The van der Waals surface area contributed by atoms with Gasteiger partial charge in [0, 0.05) is 43.3 Å². The average molecular weight is 438 g/mol. The molecule has 8 heteroatoms. The van der Waals surface area contributed by atoms with E-state index < -0.39 is 0 Å². The summed E-state index contributed by atoms with van der Waals surface area (Å²) in [6, 6.07) is 15.3. The normalized spacial score (nSPS) is 17.0. The number of piperidine rings is 1. The van der Waals surface area contributed by atoms with Crippen LogP contribution in [0.4, 0.5) is 5.69 Å². The number of aryl methyl sites for hydroxylation is 1. The Morgan fingerprint density at radius 2 is 2.06 bits per heavy atom. The fourth-order valence-electron chi connectivity index (χ4n) is 3.81. The van der Waals surface area contributed by atoms with Gasteiger partial charge in [0.15, 0.2) is 11.8 Å². The Kier molecular flexibility index (Phi) is 7.19. The summed E-state index contributed by atoms with van der Waals surface area (Å²) in [5, 5.41) is 17.7. The molecule has 0 bridgehead atoms. The van der Waals surface area contributed by atoms with E-state index in [4.69, 9.17) is 4.99 Å². The summed E-state index contributed by atoms with van der Waals surface area (Å²) in [6.07, 6.45) is 3.29. The predicted molar refractivity (Wildman–Crippen MR) is 128 cm³/mol. The van der Waals surface area contributed by atoms with Crippen LogP contribution in [0.1, 0.15) is 29.4 Å². The highest BCUT2D eigenvalue weighted by Crippen LogP contribution is 2.19. The van der Waals surface area contributed by atoms with Gasteiger partial charge in [-0.05, 0) is 49.8 Å². The third-order valence-electron chi connectivity index (χ3n) is 5.69. The molecule has 0 aliphatic carbocycles. The maximum absolute atomic E-state index is 4.83. The number of guanidine groups is 1. The maximum atomic E-state index is 4.83. The first-order chi connectivity index (χ1) is 15.2. The zero-order chi connectivity index (χ0) is 21.5. The molecular formula is C23H31N7S. The Labute approximate surface area is 188 Å². The molecule has 1 aliphatic heterocycles. The number of para-hydroxylation sites is 1. The maximum Gasteiger partial charge on any atom is 0.192 e. The van der Waals surface area contributed by atoms with Gasteiger partial charge in [0.25, 0.3) is 0 Å². The van der Waals surface area contributed by atoms with Gasteiger partial charge in [-0.3, -0.25) is 0 Å². The van der Waals surface area contributed by atoms with Gasteiger partial charge in [-0.1, -0.05) is 24.3 Å². The molecule has 164 valence electrons. The number of anilines is 1. The molecule has 1 saturated heterocycles. The van der Waals surface area contributed by atoms with Crippen molar-refractivity contribution in [3.63, 3.8) is 0 Å². The Morgan fingerprint density at radius 3 is 2.81 bits per heavy atom. The van der Waals surface area contributed by atoms with Crippen LogP contribution in [0.25, 0.3) is 0 Å². The van der Waals surface area contributed by atoms with Crippen molar-refractivity contribution in [3.05, 3.63) is 64.4 Å². The van der Waals surface area contributed by atoms with Gasteiger partial charge in [-0.2, -0.15) is 0 Å². The number of hydrogen-bond acceptors (Lipinski definition) is 5. The smallest absolute Gasteiger partial charge is 0.192 e. The fourth-order valence-corrected chi connectivity index (χ4v) is 4.52. The lowest BCUT2D eigenvalue weighted by molar-refractivity contribution is 0.467. The molecule has 3 aromatic rings. The minimum absolute atomic E-state index is 0.350. The van der Waals surface area contributed by atoms with Crippen LogP contribution in [0.3, 0.4) is 0 Å². The lowest BCUT2D eigenvalue weighted by atomic mass is 10.1. The SMILES string of the molecule is Cc1nnc(CN=C(NCCc2cccs2)NC2CCCN(c3ccccc3)C2)n1C. The molecular weight excluding hydrogens is 406 g/mol. The summed E-state index contributed by atoms with van der Waals surface area (Å²) in [7, 11) is 1.98. The third kappa shape index (κ3) is 5.85. The zero-order valence-corrected chi connectivity index (χ0v) is 19.1. The largest absolute Gasteiger partial charge is 0.369 e. The second-order valence-corrected chi connectivity index (χ2v) is 8.94. The first-order valence-corrected chi connectivity index (χ1v) is 11.8. The number of hydrogen-bond donors (Lipinski definition) is 2. The molecule has 0 saturated carbocycles. The number of nitrogens with one attached hydrogen (secondary N) is 2. The summed E-state index contributed by atoms with van der Waals surface area (Å²) in [4.78, 5) is 8.67. The lowest BCUT2D eigenvalue weighted by Crippen LogP contribution is -2.51. The average Bonchev–Trinajstić information content (AvgIpc) is 3.43. The van der Waals surface area contributed by atoms with Crippen LogP contribution < -0.4 is 15.5 Å². The van der Waals surface area contributed by atoms with Gasteiger partial charge < -0.3 is 20.1 Å². The summed E-state index contributed by atoms with van der Waals surface area (Å²) in [5.41, 5.74) is 1.28. The second-order valence-electron chi connectivity index (χ2n) is 7.91. The number of thiophene rings is 1. The number of benzene rings is 1. The van der Waals surface area contributed by atoms with Crippen molar-refractivity contribution in [2.75, 3.05) is 24.5 Å². The van der Waals surface area contributed by atoms with E-state index in [0.717, 1.165) is 56.5 Å². The first-order valence-electron chi connectivity index (χ1n) is 10.9. The highest BCUT2D eigenvalue weighted by Gasteiger charge is 2.21. The Bertz CT molecular complexity index is 965. The first kappa shape index (κ1) is 21.4. The van der Waals surface area contributed by atoms with Crippen LogP contribution in [0.2, 0.25) is 0 Å². The van der Waals surface area contributed by atoms with Gasteiger partial charge in [0.2, 0.25) is 0 Å². The second kappa shape index (κ2) is 10.4. The summed E-state index contributed by atoms with van der Waals surface area (Å²) < 4.78 is 1.99. The summed E-state index contributed by atoms with van der Waals surface area (Å²) in [6.45, 7) is 5.37. The van der Waals surface area contributed by atoms with E-state index in [1.165, 1.54) is 10.6 Å². The third-order valence-corrected chi connectivity index (χ3v) is 6.63. The predicted octanol–water partition coefficient (Wildman–Crippen LogP) is 3.13. The highest BCUT2D eigenvalue weighted by molar-refractivity contribution is 7.09. The van der Waals surface area contributed by atoms with Gasteiger partial charge in [0.05, 0.1) is 0 Å². The fraction of sp³-hybridized carbons (Fsp3) is 0.435. The molecule has 31 heavy (non-hydrogen) atoms. The van der Waals surface area contributed by atoms with E-state index in [-0.39, 0.29) is 0 Å². The van der Waals surface area contributed by atoms with Crippen molar-refractivity contribution >= 4 is 23.0 Å². The lowest BCUT2D eigenvalue weighted by Gasteiger charge is -2.35. The van der Waals surface area contributed by atoms with E-state index in [9.17, 15) is 0 Å². The van der Waals surface area contributed by atoms with Crippen molar-refractivity contribution in [1.82, 2.24) is 25.4 Å². The van der Waals surface area contributed by atoms with Crippen LogP contribution in [0.5, 0.6) is 0 Å². The standard InChI is InChI=1S/C23H31N7S/c1-18-27-28-22(29(18)2)16-25-23(24-13-12-21-11-7-15-31-21)26-19-8-6-14-30(17-19)20-9-4-3-5-10-20/h3-5,7,9-11,15,19H,6,8,12-14,16-17H2,1-2H3,(H2,24,25,26). The van der Waals surface area contributed by atoms with Gasteiger partial charge >= 0.3 is 0 Å². The van der Waals surface area contributed by atoms with Crippen LogP contribution in [0, 0.1) is 6.92 Å². The van der Waals surface area contributed by atoms with Crippen molar-refractivity contribution in [3.8, 4) is 0 Å². The van der Waals surface area contributed by atoms with Crippen LogP contribution >= 0.6 is 11.3 Å². The monoisotopic (exact) mass is 437 g/mol. The molecule has 2 N–H and O–H groups in total. The van der Waals surface area contributed by atoms with Crippen LogP contribution in [-0.2, 0) is 20.0 Å². The minimum atomic E-state index is 0.350. The molecule has 3 heterocycles. The van der Waals surface area contributed by atoms with Crippen molar-refractivity contribution in [2.45, 2.75) is 38.8 Å². The molecule has 2 aromatic heterocycles. The van der Waals surface area contributed by atoms with Crippen LogP contribution in [0.15, 0.2) is 52.8 Å². The number of rotatable bonds is 7. The topological polar surface area (TPSA) is 70.4 Å². The molecule has 0 radical (unpaired) electrons. The van der Waals surface area contributed by atoms with Gasteiger partial charge in [0.1, 0.15) is 12.4 Å². The van der Waals surface area contributed by atoms with Gasteiger partial charge in [-0.25, -0.2) is 4.99 Å². The van der Waals surface area contributed by atoms with Crippen molar-refractivity contribution < 1.29 is 0 Å². The molecule has 1 atom stereocenters. The number of nitrogens with zero attached hydrogens (tertiary/aromatic N) is 5. The van der Waals surface area contributed by atoms with Crippen LogP contribution in [-0.4, -0.2) is 46.4 Å². The molecule has 1 unspecified atom stereocenters. The van der Waals surface area contributed by atoms with E-state index in [1.807, 2.05) is 18.5 Å². The molecule has 1 fully saturated rings. The van der Waals surface area contributed by atoms with Crippen molar-refractivity contribution in [1.29, 1.82) is 0 Å². The Balaban J connectivity index is 1.41. The van der Waals surface area contributed by atoms with E-state index in [2.05, 4.69) is 73.6 Å². The highest BCUT2D eigenvalue weighted by atomic mass is 32.1. The summed E-state index contributed by atoms with van der Waals surface area (Å²) >= 11 is 1.79.